The molecular weight excluding hydrogens is 420 g/mol. The summed E-state index contributed by atoms with van der Waals surface area (Å²) in [5.74, 6) is -1.64. The number of allylic oxidation sites excluding steroid dienone is 4. The van der Waals surface area contributed by atoms with Gasteiger partial charge in [0.25, 0.3) is 0 Å². The quantitative estimate of drug-likeness (QED) is 0.458. The molecule has 2 aliphatic heterocycles. The average Bonchev–Trinajstić information content (AvgIpc) is 2.66. The van der Waals surface area contributed by atoms with Crippen LogP contribution in [0.2, 0.25) is 0 Å². The van der Waals surface area contributed by atoms with Crippen LogP contribution in [0.25, 0.3) is 0 Å². The lowest BCUT2D eigenvalue weighted by atomic mass is 9.77. The molecule has 0 saturated carbocycles. The van der Waals surface area contributed by atoms with Gasteiger partial charge in [0.15, 0.2) is 11.6 Å². The number of carbonyl (C=O) groups excluding carboxylic acids is 2. The Morgan fingerprint density at radius 2 is 2.00 bits per heavy atom. The minimum atomic E-state index is -1.15. The molecule has 1 fully saturated rings. The lowest BCUT2D eigenvalue weighted by Crippen LogP contribution is -2.57. The van der Waals surface area contributed by atoms with Gasteiger partial charge in [-0.15, -0.1) is 0 Å². The third-order valence-corrected chi connectivity index (χ3v) is 6.61. The number of aliphatic hydroxyl groups is 1. The zero-order chi connectivity index (χ0) is 24.4. The number of aliphatic hydroxyl groups excluding tert-OH is 1. The fourth-order valence-electron chi connectivity index (χ4n) is 5.23. The van der Waals surface area contributed by atoms with Crippen molar-refractivity contribution in [1.82, 2.24) is 0 Å². The molecule has 1 saturated heterocycles. The summed E-state index contributed by atoms with van der Waals surface area (Å²) in [5.41, 5.74) is 3.09. The molecule has 2 heterocycles. The molecule has 6 nitrogen and oxygen atoms in total. The Kier molecular flexibility index (Phi) is 7.82. The zero-order valence-corrected chi connectivity index (χ0v) is 20.8. The number of carbonyl (C=O) groups is 2. The standard InChI is InChI=1S/C27H38O6/c1-17(2)8-7-9-18(3)10-22-14-26(6,31-20(5)29)16-27(32-22)13-21(15-28)23-12-24(30)19(4)11-25(23)33-27/h8,10-11,13,22-23,25,28H,7,9,12,14-16H2,1-6H3/b18-10+/t22-,23-,25-,26-,27-/m0/s1. The first-order valence-corrected chi connectivity index (χ1v) is 11.8. The van der Waals surface area contributed by atoms with Crippen LogP contribution in [-0.2, 0) is 23.8 Å². The second-order valence-corrected chi connectivity index (χ2v) is 10.3. The van der Waals surface area contributed by atoms with Gasteiger partial charge in [0.2, 0.25) is 0 Å². The van der Waals surface area contributed by atoms with E-state index in [9.17, 15) is 14.7 Å². The van der Waals surface area contributed by atoms with Gasteiger partial charge in [0.1, 0.15) is 5.60 Å². The highest BCUT2D eigenvalue weighted by molar-refractivity contribution is 5.96. The monoisotopic (exact) mass is 458 g/mol. The third-order valence-electron chi connectivity index (χ3n) is 6.61. The topological polar surface area (TPSA) is 82.1 Å². The van der Waals surface area contributed by atoms with Gasteiger partial charge < -0.3 is 19.3 Å². The van der Waals surface area contributed by atoms with E-state index in [0.717, 1.165) is 18.4 Å². The Bertz CT molecular complexity index is 906. The van der Waals surface area contributed by atoms with Crippen LogP contribution in [0.1, 0.15) is 73.6 Å². The normalized spacial score (nSPS) is 34.3. The van der Waals surface area contributed by atoms with Crippen LogP contribution in [0, 0.1) is 5.92 Å². The maximum atomic E-state index is 12.3. The number of Topliss-reactive ketones (excluding diaryl/α,β-unsaturated/α-hetero) is 1. The molecule has 182 valence electrons. The number of ether oxygens (including phenoxy) is 3. The Morgan fingerprint density at radius 3 is 2.64 bits per heavy atom. The molecule has 0 unspecified atom stereocenters. The predicted octanol–water partition coefficient (Wildman–Crippen LogP) is 4.73. The SMILES string of the molecule is CC(=O)O[C@@]1(C)C[C@H](/C=C(\C)CCC=C(C)C)O[C@]2(C=C(CO)[C@@H]3CC(=O)C(C)=C[C@@H]3O2)C1. The molecule has 33 heavy (non-hydrogen) atoms. The minimum Gasteiger partial charge on any atom is -0.459 e. The summed E-state index contributed by atoms with van der Waals surface area (Å²) in [6.45, 7) is 11.2. The summed E-state index contributed by atoms with van der Waals surface area (Å²) < 4.78 is 18.8. The van der Waals surface area contributed by atoms with Crippen LogP contribution in [0.4, 0.5) is 0 Å². The Morgan fingerprint density at radius 1 is 1.27 bits per heavy atom. The molecule has 0 aromatic heterocycles. The summed E-state index contributed by atoms with van der Waals surface area (Å²) in [5, 5.41) is 10.1. The van der Waals surface area contributed by atoms with E-state index < -0.39 is 11.4 Å². The van der Waals surface area contributed by atoms with E-state index in [1.807, 2.05) is 19.1 Å². The van der Waals surface area contributed by atoms with Crippen LogP contribution < -0.4 is 0 Å². The molecule has 3 aliphatic rings. The first-order valence-electron chi connectivity index (χ1n) is 11.8. The molecule has 5 atom stereocenters. The highest BCUT2D eigenvalue weighted by atomic mass is 16.7. The molecule has 1 aliphatic carbocycles. The van der Waals surface area contributed by atoms with Crippen molar-refractivity contribution in [2.75, 3.05) is 6.61 Å². The number of fused-ring (bicyclic) bond motifs is 1. The highest BCUT2D eigenvalue weighted by Crippen LogP contribution is 2.47. The fraction of sp³-hybridized carbons (Fsp3) is 0.630. The van der Waals surface area contributed by atoms with Gasteiger partial charge in [0, 0.05) is 32.1 Å². The first kappa shape index (κ1) is 25.6. The van der Waals surface area contributed by atoms with Crippen LogP contribution in [0.5, 0.6) is 0 Å². The van der Waals surface area contributed by atoms with E-state index in [2.05, 4.69) is 32.9 Å². The van der Waals surface area contributed by atoms with Gasteiger partial charge in [-0.05, 0) is 70.8 Å². The van der Waals surface area contributed by atoms with Gasteiger partial charge >= 0.3 is 5.97 Å². The molecule has 1 N–H and O–H groups in total. The number of rotatable bonds is 6. The fourth-order valence-corrected chi connectivity index (χ4v) is 5.23. The Hall–Kier alpha value is -2.02. The summed E-state index contributed by atoms with van der Waals surface area (Å²) in [7, 11) is 0. The number of ketones is 1. The van der Waals surface area contributed by atoms with Crippen LogP contribution in [0.3, 0.4) is 0 Å². The number of hydrogen-bond donors (Lipinski definition) is 1. The second-order valence-electron chi connectivity index (χ2n) is 10.3. The van der Waals surface area contributed by atoms with Gasteiger partial charge in [0.05, 0.1) is 18.8 Å². The van der Waals surface area contributed by atoms with Crippen molar-refractivity contribution in [2.45, 2.75) is 97.2 Å². The molecule has 0 aromatic rings. The van der Waals surface area contributed by atoms with Crippen molar-refractivity contribution in [2.24, 2.45) is 5.92 Å². The van der Waals surface area contributed by atoms with E-state index >= 15 is 0 Å². The van der Waals surface area contributed by atoms with Crippen molar-refractivity contribution < 1.29 is 28.9 Å². The highest BCUT2D eigenvalue weighted by Gasteiger charge is 2.53. The Labute approximate surface area is 197 Å². The lowest BCUT2D eigenvalue weighted by molar-refractivity contribution is -0.297. The Balaban J connectivity index is 1.94. The van der Waals surface area contributed by atoms with Gasteiger partial charge in [-0.3, -0.25) is 9.59 Å². The number of hydrogen-bond acceptors (Lipinski definition) is 6. The van der Waals surface area contributed by atoms with Gasteiger partial charge in [-0.1, -0.05) is 23.3 Å². The molecule has 1 spiro atoms. The van der Waals surface area contributed by atoms with Crippen molar-refractivity contribution in [3.05, 3.63) is 46.6 Å². The first-order chi connectivity index (χ1) is 15.4. The molecule has 0 aromatic carbocycles. The van der Waals surface area contributed by atoms with E-state index in [0.29, 0.717) is 24.8 Å². The smallest absolute Gasteiger partial charge is 0.303 e. The second kappa shape index (κ2) is 10.1. The van der Waals surface area contributed by atoms with E-state index in [1.165, 1.54) is 18.1 Å². The average molecular weight is 459 g/mol. The van der Waals surface area contributed by atoms with E-state index in [-0.39, 0.29) is 36.5 Å². The largest absolute Gasteiger partial charge is 0.459 e. The molecule has 0 amide bonds. The molecule has 6 heteroatoms. The predicted molar refractivity (Wildman–Crippen MR) is 126 cm³/mol. The van der Waals surface area contributed by atoms with Crippen LogP contribution in [0.15, 0.2) is 46.6 Å². The van der Waals surface area contributed by atoms with Crippen LogP contribution >= 0.6 is 0 Å². The minimum absolute atomic E-state index is 0.0669. The molecule has 0 bridgehead atoms. The summed E-state index contributed by atoms with van der Waals surface area (Å²) in [6.07, 6.45) is 10.3. The van der Waals surface area contributed by atoms with Crippen molar-refractivity contribution in [1.29, 1.82) is 0 Å². The lowest BCUT2D eigenvalue weighted by Gasteiger charge is -2.51. The molecule has 3 rings (SSSR count). The summed E-state index contributed by atoms with van der Waals surface area (Å²) >= 11 is 0. The number of esters is 1. The maximum absolute atomic E-state index is 12.3. The van der Waals surface area contributed by atoms with Crippen molar-refractivity contribution in [3.8, 4) is 0 Å². The van der Waals surface area contributed by atoms with Gasteiger partial charge in [-0.25, -0.2) is 0 Å². The summed E-state index contributed by atoms with van der Waals surface area (Å²) in [4.78, 5) is 24.2. The van der Waals surface area contributed by atoms with Gasteiger partial charge in [-0.2, -0.15) is 0 Å². The third kappa shape index (κ3) is 6.31. The van der Waals surface area contributed by atoms with E-state index in [1.54, 1.807) is 6.92 Å². The zero-order valence-electron chi connectivity index (χ0n) is 20.8. The maximum Gasteiger partial charge on any atom is 0.303 e. The van der Waals surface area contributed by atoms with Crippen molar-refractivity contribution in [3.63, 3.8) is 0 Å². The molecule has 0 radical (unpaired) electrons. The van der Waals surface area contributed by atoms with Crippen molar-refractivity contribution >= 4 is 11.8 Å². The molecular formula is C27H38O6. The van der Waals surface area contributed by atoms with E-state index in [4.69, 9.17) is 14.2 Å². The van der Waals surface area contributed by atoms with Crippen LogP contribution in [-0.4, -0.2) is 47.1 Å². The summed E-state index contributed by atoms with van der Waals surface area (Å²) in [6, 6.07) is 0.